The summed E-state index contributed by atoms with van der Waals surface area (Å²) in [5.74, 6) is -0.399. The predicted octanol–water partition coefficient (Wildman–Crippen LogP) is 0.903. The standard InChI is InChI=1S/C10H18N2O3/c1-2-12(7-8-4-3-5-8)10(15)11-6-9(13)14/h8H,2-7H2,1H3,(H,11,15)(H,13,14). The van der Waals surface area contributed by atoms with E-state index in [4.69, 9.17) is 5.11 Å². The van der Waals surface area contributed by atoms with E-state index in [1.54, 1.807) is 4.90 Å². The molecule has 86 valence electrons. The fourth-order valence-electron chi connectivity index (χ4n) is 1.61. The fourth-order valence-corrected chi connectivity index (χ4v) is 1.61. The number of hydrogen-bond acceptors (Lipinski definition) is 2. The van der Waals surface area contributed by atoms with Gasteiger partial charge in [-0.25, -0.2) is 4.79 Å². The van der Waals surface area contributed by atoms with Crippen LogP contribution in [0.15, 0.2) is 0 Å². The number of carboxylic acid groups (broad SMARTS) is 1. The maximum Gasteiger partial charge on any atom is 0.323 e. The Morgan fingerprint density at radius 1 is 1.47 bits per heavy atom. The molecule has 0 aromatic heterocycles. The highest BCUT2D eigenvalue weighted by Crippen LogP contribution is 2.26. The molecule has 0 saturated heterocycles. The first kappa shape index (κ1) is 11.8. The van der Waals surface area contributed by atoms with Gasteiger partial charge in [0.15, 0.2) is 0 Å². The monoisotopic (exact) mass is 214 g/mol. The van der Waals surface area contributed by atoms with E-state index in [0.717, 1.165) is 6.54 Å². The van der Waals surface area contributed by atoms with Gasteiger partial charge in [0, 0.05) is 13.1 Å². The van der Waals surface area contributed by atoms with Crippen LogP contribution in [0.4, 0.5) is 4.79 Å². The van der Waals surface area contributed by atoms with E-state index in [-0.39, 0.29) is 12.6 Å². The number of hydrogen-bond donors (Lipinski definition) is 2. The lowest BCUT2D eigenvalue weighted by molar-refractivity contribution is -0.135. The zero-order valence-electron chi connectivity index (χ0n) is 9.03. The van der Waals surface area contributed by atoms with E-state index in [1.165, 1.54) is 19.3 Å². The summed E-state index contributed by atoms with van der Waals surface area (Å²) in [6.45, 7) is 2.98. The van der Waals surface area contributed by atoms with Crippen molar-refractivity contribution >= 4 is 12.0 Å². The third-order valence-corrected chi connectivity index (χ3v) is 2.76. The molecule has 0 aromatic carbocycles. The van der Waals surface area contributed by atoms with Crippen molar-refractivity contribution < 1.29 is 14.7 Å². The Bertz CT molecular complexity index is 239. The first-order valence-corrected chi connectivity index (χ1v) is 5.38. The van der Waals surface area contributed by atoms with E-state index < -0.39 is 5.97 Å². The average molecular weight is 214 g/mol. The summed E-state index contributed by atoms with van der Waals surface area (Å²) in [6, 6.07) is -0.271. The van der Waals surface area contributed by atoms with Gasteiger partial charge in [-0.1, -0.05) is 6.42 Å². The van der Waals surface area contributed by atoms with E-state index in [9.17, 15) is 9.59 Å². The second-order valence-electron chi connectivity index (χ2n) is 3.89. The Balaban J connectivity index is 2.28. The van der Waals surface area contributed by atoms with Crippen LogP contribution in [0.3, 0.4) is 0 Å². The van der Waals surface area contributed by atoms with Gasteiger partial charge in [-0.15, -0.1) is 0 Å². The summed E-state index contributed by atoms with van der Waals surface area (Å²) in [4.78, 5) is 23.5. The summed E-state index contributed by atoms with van der Waals surface area (Å²) in [5.41, 5.74) is 0. The SMILES string of the molecule is CCN(CC1CCC1)C(=O)NCC(=O)O. The molecule has 15 heavy (non-hydrogen) atoms. The molecular weight excluding hydrogens is 196 g/mol. The Hall–Kier alpha value is -1.26. The molecule has 1 aliphatic rings. The molecule has 2 N–H and O–H groups in total. The molecule has 1 aliphatic carbocycles. The predicted molar refractivity (Wildman–Crippen MR) is 55.6 cm³/mol. The summed E-state index contributed by atoms with van der Waals surface area (Å²) >= 11 is 0. The molecule has 0 unspecified atom stereocenters. The van der Waals surface area contributed by atoms with Crippen LogP contribution in [0.2, 0.25) is 0 Å². The molecule has 5 nitrogen and oxygen atoms in total. The third-order valence-electron chi connectivity index (χ3n) is 2.76. The van der Waals surface area contributed by atoms with Crippen LogP contribution in [0.1, 0.15) is 26.2 Å². The van der Waals surface area contributed by atoms with Crippen molar-refractivity contribution in [3.8, 4) is 0 Å². The summed E-state index contributed by atoms with van der Waals surface area (Å²) in [6.07, 6.45) is 3.62. The van der Waals surface area contributed by atoms with Gasteiger partial charge in [0.05, 0.1) is 0 Å². The number of nitrogens with zero attached hydrogens (tertiary/aromatic N) is 1. The highest BCUT2D eigenvalue weighted by molar-refractivity contribution is 5.79. The van der Waals surface area contributed by atoms with Gasteiger partial charge >= 0.3 is 12.0 Å². The lowest BCUT2D eigenvalue weighted by Gasteiger charge is -2.31. The molecular formula is C10H18N2O3. The molecule has 0 atom stereocenters. The number of carbonyl (C=O) groups excluding carboxylic acids is 1. The topological polar surface area (TPSA) is 69.6 Å². The van der Waals surface area contributed by atoms with Crippen molar-refractivity contribution in [1.29, 1.82) is 0 Å². The second kappa shape index (κ2) is 5.58. The minimum atomic E-state index is -1.01. The maximum absolute atomic E-state index is 11.5. The molecule has 0 spiro atoms. The largest absolute Gasteiger partial charge is 0.480 e. The first-order chi connectivity index (χ1) is 7.13. The van der Waals surface area contributed by atoms with Crippen molar-refractivity contribution in [1.82, 2.24) is 10.2 Å². The number of urea groups is 1. The minimum absolute atomic E-state index is 0.271. The fraction of sp³-hybridized carbons (Fsp3) is 0.800. The van der Waals surface area contributed by atoms with Crippen LogP contribution in [0, 0.1) is 5.92 Å². The summed E-state index contributed by atoms with van der Waals surface area (Å²) in [7, 11) is 0. The van der Waals surface area contributed by atoms with Crippen LogP contribution < -0.4 is 5.32 Å². The van der Waals surface area contributed by atoms with E-state index in [1.807, 2.05) is 6.92 Å². The molecule has 0 bridgehead atoms. The van der Waals surface area contributed by atoms with Crippen molar-refractivity contribution in [2.75, 3.05) is 19.6 Å². The van der Waals surface area contributed by atoms with E-state index >= 15 is 0 Å². The molecule has 2 amide bonds. The van der Waals surface area contributed by atoms with Crippen LogP contribution in [0.5, 0.6) is 0 Å². The van der Waals surface area contributed by atoms with Gasteiger partial charge in [-0.05, 0) is 25.7 Å². The van der Waals surface area contributed by atoms with Gasteiger partial charge < -0.3 is 15.3 Å². The third kappa shape index (κ3) is 3.77. The van der Waals surface area contributed by atoms with Crippen LogP contribution >= 0.6 is 0 Å². The quantitative estimate of drug-likeness (QED) is 0.714. The Morgan fingerprint density at radius 3 is 2.53 bits per heavy atom. The Labute approximate surface area is 89.4 Å². The Morgan fingerprint density at radius 2 is 2.13 bits per heavy atom. The Kier molecular flexibility index (Phi) is 4.39. The highest BCUT2D eigenvalue weighted by atomic mass is 16.4. The first-order valence-electron chi connectivity index (χ1n) is 5.38. The molecule has 0 radical (unpaired) electrons. The van der Waals surface area contributed by atoms with Crippen molar-refractivity contribution in [2.24, 2.45) is 5.92 Å². The van der Waals surface area contributed by atoms with Gasteiger partial charge in [0.25, 0.3) is 0 Å². The normalized spacial score (nSPS) is 15.5. The van der Waals surface area contributed by atoms with Crippen molar-refractivity contribution in [3.63, 3.8) is 0 Å². The van der Waals surface area contributed by atoms with Crippen LogP contribution in [-0.4, -0.2) is 41.6 Å². The molecule has 1 rings (SSSR count). The number of carboxylic acids is 1. The molecule has 1 fully saturated rings. The zero-order chi connectivity index (χ0) is 11.3. The number of nitrogens with one attached hydrogen (secondary N) is 1. The smallest absolute Gasteiger partial charge is 0.323 e. The van der Waals surface area contributed by atoms with Gasteiger partial charge in [-0.2, -0.15) is 0 Å². The maximum atomic E-state index is 11.5. The minimum Gasteiger partial charge on any atom is -0.480 e. The highest BCUT2D eigenvalue weighted by Gasteiger charge is 2.22. The molecule has 0 heterocycles. The number of aliphatic carboxylic acids is 1. The van der Waals surface area contributed by atoms with Gasteiger partial charge in [0.1, 0.15) is 6.54 Å². The molecule has 5 heteroatoms. The number of carbonyl (C=O) groups is 2. The molecule has 1 saturated carbocycles. The second-order valence-corrected chi connectivity index (χ2v) is 3.89. The van der Waals surface area contributed by atoms with E-state index in [0.29, 0.717) is 12.5 Å². The summed E-state index contributed by atoms with van der Waals surface area (Å²) < 4.78 is 0. The lowest BCUT2D eigenvalue weighted by Crippen LogP contribution is -2.44. The van der Waals surface area contributed by atoms with E-state index in [2.05, 4.69) is 5.32 Å². The van der Waals surface area contributed by atoms with Crippen molar-refractivity contribution in [3.05, 3.63) is 0 Å². The molecule has 0 aliphatic heterocycles. The van der Waals surface area contributed by atoms with Gasteiger partial charge in [-0.3, -0.25) is 4.79 Å². The molecule has 0 aromatic rings. The van der Waals surface area contributed by atoms with Crippen LogP contribution in [-0.2, 0) is 4.79 Å². The average Bonchev–Trinajstić information content (AvgIpc) is 2.13. The number of rotatable bonds is 5. The van der Waals surface area contributed by atoms with Crippen molar-refractivity contribution in [2.45, 2.75) is 26.2 Å². The summed E-state index contributed by atoms with van der Waals surface area (Å²) in [5, 5.41) is 10.8. The lowest BCUT2D eigenvalue weighted by atomic mass is 9.85. The van der Waals surface area contributed by atoms with Gasteiger partial charge in [0.2, 0.25) is 0 Å². The number of amides is 2. The van der Waals surface area contributed by atoms with Crippen LogP contribution in [0.25, 0.3) is 0 Å². The zero-order valence-corrected chi connectivity index (χ0v) is 9.03.